The molecule has 1 aromatic rings. The van der Waals surface area contributed by atoms with E-state index >= 15 is 0 Å². The summed E-state index contributed by atoms with van der Waals surface area (Å²) in [7, 11) is -3.64. The smallest absolute Gasteiger partial charge is 0.297 e. The normalized spacial score (nSPS) is 16.5. The predicted octanol–water partition coefficient (Wildman–Crippen LogP) is 2.27. The molecule has 0 unspecified atom stereocenters. The van der Waals surface area contributed by atoms with Gasteiger partial charge in [0.25, 0.3) is 10.1 Å². The fraction of sp³-hybridized carbons (Fsp3) is 0.538. The third-order valence-electron chi connectivity index (χ3n) is 3.04. The van der Waals surface area contributed by atoms with Crippen molar-refractivity contribution in [2.24, 2.45) is 0 Å². The Kier molecular flexibility index (Phi) is 4.37. The molecule has 100 valence electrons. The topological polar surface area (TPSA) is 52.6 Å². The minimum Gasteiger partial charge on any atom is -0.376 e. The van der Waals surface area contributed by atoms with Crippen LogP contribution in [-0.4, -0.2) is 27.7 Å². The monoisotopic (exact) mass is 270 g/mol. The van der Waals surface area contributed by atoms with Crippen molar-refractivity contribution >= 4 is 10.1 Å². The van der Waals surface area contributed by atoms with E-state index in [1.54, 1.807) is 24.3 Å². The van der Waals surface area contributed by atoms with Gasteiger partial charge in [0.2, 0.25) is 0 Å². The first kappa shape index (κ1) is 13.5. The first-order chi connectivity index (χ1) is 8.58. The molecule has 0 N–H and O–H groups in total. The first-order valence-electron chi connectivity index (χ1n) is 6.16. The summed E-state index contributed by atoms with van der Waals surface area (Å²) in [4.78, 5) is 0.191. The van der Waals surface area contributed by atoms with Crippen LogP contribution in [0.15, 0.2) is 29.2 Å². The van der Waals surface area contributed by atoms with E-state index in [9.17, 15) is 8.42 Å². The van der Waals surface area contributed by atoms with Gasteiger partial charge < -0.3 is 4.74 Å². The minimum absolute atomic E-state index is 0.0761. The zero-order valence-corrected chi connectivity index (χ0v) is 11.3. The van der Waals surface area contributed by atoms with Gasteiger partial charge in [0.15, 0.2) is 0 Å². The van der Waals surface area contributed by atoms with Gasteiger partial charge in [0.1, 0.15) is 0 Å². The summed E-state index contributed by atoms with van der Waals surface area (Å²) in [6.07, 6.45) is 3.65. The number of aryl methyl sites for hydroxylation is 1. The van der Waals surface area contributed by atoms with Crippen LogP contribution in [0, 0.1) is 6.92 Å². The Hall–Kier alpha value is -0.910. The SMILES string of the molecule is Cc1ccc(S(=O)(=O)OCCOC2CCC2)cc1. The molecule has 1 saturated carbocycles. The fourth-order valence-corrected chi connectivity index (χ4v) is 2.56. The molecule has 1 fully saturated rings. The second-order valence-electron chi connectivity index (χ2n) is 4.51. The number of hydrogen-bond donors (Lipinski definition) is 0. The predicted molar refractivity (Wildman–Crippen MR) is 67.9 cm³/mol. The summed E-state index contributed by atoms with van der Waals surface area (Å²) in [6.45, 7) is 2.31. The van der Waals surface area contributed by atoms with Crippen molar-refractivity contribution < 1.29 is 17.3 Å². The van der Waals surface area contributed by atoms with Crippen LogP contribution < -0.4 is 0 Å². The van der Waals surface area contributed by atoms with Crippen molar-refractivity contribution in [1.82, 2.24) is 0 Å². The van der Waals surface area contributed by atoms with E-state index in [-0.39, 0.29) is 11.5 Å². The molecule has 4 nitrogen and oxygen atoms in total. The molecule has 0 saturated heterocycles. The Morgan fingerprint density at radius 2 is 1.83 bits per heavy atom. The van der Waals surface area contributed by atoms with E-state index in [1.807, 2.05) is 6.92 Å². The highest BCUT2D eigenvalue weighted by molar-refractivity contribution is 7.86. The van der Waals surface area contributed by atoms with Crippen molar-refractivity contribution in [2.75, 3.05) is 13.2 Å². The molecule has 0 aliphatic heterocycles. The Morgan fingerprint density at radius 1 is 1.17 bits per heavy atom. The molecule has 1 aliphatic carbocycles. The Bertz CT molecular complexity index is 474. The minimum atomic E-state index is -3.64. The summed E-state index contributed by atoms with van der Waals surface area (Å²) in [5.41, 5.74) is 1.02. The van der Waals surface area contributed by atoms with Gasteiger partial charge in [-0.15, -0.1) is 0 Å². The quantitative estimate of drug-likeness (QED) is 0.588. The lowest BCUT2D eigenvalue weighted by atomic mass is 9.96. The largest absolute Gasteiger partial charge is 0.376 e. The molecular formula is C13H18O4S. The maximum atomic E-state index is 11.8. The zero-order chi connectivity index (χ0) is 13.0. The Labute approximate surface area is 108 Å². The van der Waals surface area contributed by atoms with Gasteiger partial charge in [-0.25, -0.2) is 0 Å². The average Bonchev–Trinajstić information content (AvgIpc) is 2.27. The van der Waals surface area contributed by atoms with Crippen LogP contribution in [0.4, 0.5) is 0 Å². The molecule has 0 atom stereocenters. The van der Waals surface area contributed by atoms with E-state index < -0.39 is 10.1 Å². The Balaban J connectivity index is 1.81. The van der Waals surface area contributed by atoms with Crippen molar-refractivity contribution in [1.29, 1.82) is 0 Å². The third-order valence-corrected chi connectivity index (χ3v) is 4.36. The van der Waals surface area contributed by atoms with Gasteiger partial charge in [-0.1, -0.05) is 17.7 Å². The van der Waals surface area contributed by atoms with Crippen molar-refractivity contribution in [3.63, 3.8) is 0 Å². The third kappa shape index (κ3) is 3.54. The molecule has 0 heterocycles. The van der Waals surface area contributed by atoms with E-state index in [2.05, 4.69) is 0 Å². The number of rotatable bonds is 6. The summed E-state index contributed by atoms with van der Waals surface area (Å²) in [5, 5.41) is 0. The van der Waals surface area contributed by atoms with E-state index in [0.29, 0.717) is 12.7 Å². The van der Waals surface area contributed by atoms with Crippen molar-refractivity contribution in [3.8, 4) is 0 Å². The second kappa shape index (κ2) is 5.82. The highest BCUT2D eigenvalue weighted by Gasteiger charge is 2.19. The molecule has 0 spiro atoms. The first-order valence-corrected chi connectivity index (χ1v) is 7.56. The van der Waals surface area contributed by atoms with Crippen LogP contribution in [0.3, 0.4) is 0 Å². The van der Waals surface area contributed by atoms with Crippen molar-refractivity contribution in [2.45, 2.75) is 37.2 Å². The number of benzene rings is 1. The molecule has 0 aromatic heterocycles. The van der Waals surface area contributed by atoms with Gasteiger partial charge in [0, 0.05) is 0 Å². The van der Waals surface area contributed by atoms with Crippen LogP contribution in [0.1, 0.15) is 24.8 Å². The molecule has 18 heavy (non-hydrogen) atoms. The lowest BCUT2D eigenvalue weighted by Gasteiger charge is -2.25. The van der Waals surface area contributed by atoms with Crippen LogP contribution in [0.2, 0.25) is 0 Å². The maximum Gasteiger partial charge on any atom is 0.297 e. The van der Waals surface area contributed by atoms with Gasteiger partial charge >= 0.3 is 0 Å². The van der Waals surface area contributed by atoms with Gasteiger partial charge in [-0.3, -0.25) is 4.18 Å². The lowest BCUT2D eigenvalue weighted by molar-refractivity contribution is -0.00963. The van der Waals surface area contributed by atoms with Gasteiger partial charge in [-0.05, 0) is 38.3 Å². The molecular weight excluding hydrogens is 252 g/mol. The second-order valence-corrected chi connectivity index (χ2v) is 6.13. The van der Waals surface area contributed by atoms with Crippen molar-refractivity contribution in [3.05, 3.63) is 29.8 Å². The van der Waals surface area contributed by atoms with E-state index in [4.69, 9.17) is 8.92 Å². The molecule has 0 amide bonds. The molecule has 1 aromatic carbocycles. The molecule has 5 heteroatoms. The fourth-order valence-electron chi connectivity index (χ4n) is 1.67. The molecule has 0 bridgehead atoms. The Morgan fingerprint density at radius 3 is 2.39 bits per heavy atom. The standard InChI is InChI=1S/C13H18O4S/c1-11-5-7-13(8-6-11)18(14,15)17-10-9-16-12-3-2-4-12/h5-8,12H,2-4,9-10H2,1H3. The van der Waals surface area contributed by atoms with Crippen LogP contribution in [0.5, 0.6) is 0 Å². The highest BCUT2D eigenvalue weighted by atomic mass is 32.2. The lowest BCUT2D eigenvalue weighted by Crippen LogP contribution is -2.24. The number of hydrogen-bond acceptors (Lipinski definition) is 4. The highest BCUT2D eigenvalue weighted by Crippen LogP contribution is 2.21. The molecule has 0 radical (unpaired) electrons. The van der Waals surface area contributed by atoms with E-state index in [1.165, 1.54) is 6.42 Å². The van der Waals surface area contributed by atoms with Crippen LogP contribution in [0.25, 0.3) is 0 Å². The van der Waals surface area contributed by atoms with Crippen LogP contribution in [-0.2, 0) is 19.0 Å². The van der Waals surface area contributed by atoms with Gasteiger partial charge in [0.05, 0.1) is 24.2 Å². The zero-order valence-electron chi connectivity index (χ0n) is 10.5. The summed E-state index contributed by atoms with van der Waals surface area (Å²) >= 11 is 0. The summed E-state index contributed by atoms with van der Waals surface area (Å²) in [5.74, 6) is 0. The maximum absolute atomic E-state index is 11.8. The molecule has 1 aliphatic rings. The van der Waals surface area contributed by atoms with Crippen LogP contribution >= 0.6 is 0 Å². The molecule has 2 rings (SSSR count). The number of ether oxygens (including phenoxy) is 1. The van der Waals surface area contributed by atoms with Gasteiger partial charge in [-0.2, -0.15) is 8.42 Å². The van der Waals surface area contributed by atoms with E-state index in [0.717, 1.165) is 18.4 Å². The summed E-state index contributed by atoms with van der Waals surface area (Å²) in [6, 6.07) is 6.61. The summed E-state index contributed by atoms with van der Waals surface area (Å²) < 4.78 is 33.9. The average molecular weight is 270 g/mol.